The van der Waals surface area contributed by atoms with Gasteiger partial charge < -0.3 is 4.74 Å². The van der Waals surface area contributed by atoms with Crippen molar-refractivity contribution in [2.24, 2.45) is 5.92 Å². The summed E-state index contributed by atoms with van der Waals surface area (Å²) >= 11 is 0. The summed E-state index contributed by atoms with van der Waals surface area (Å²) in [5, 5.41) is 0. The van der Waals surface area contributed by atoms with Crippen molar-refractivity contribution >= 4 is 5.97 Å². The molecule has 0 atom stereocenters. The van der Waals surface area contributed by atoms with Gasteiger partial charge in [0.2, 0.25) is 0 Å². The van der Waals surface area contributed by atoms with Crippen molar-refractivity contribution in [2.45, 2.75) is 25.7 Å². The van der Waals surface area contributed by atoms with Gasteiger partial charge in [-0.1, -0.05) is 12.8 Å². The lowest BCUT2D eigenvalue weighted by molar-refractivity contribution is 0.0594. The van der Waals surface area contributed by atoms with Crippen LogP contribution in [0.1, 0.15) is 35.3 Å². The number of rotatable bonds is 4. The van der Waals surface area contributed by atoms with Crippen LogP contribution < -0.4 is 0 Å². The Kier molecular flexibility index (Phi) is 2.99. The minimum atomic E-state index is -0.358. The highest BCUT2D eigenvalue weighted by molar-refractivity contribution is 5.87. The second-order valence-corrected chi connectivity index (χ2v) is 4.02. The number of nitrogens with zero attached hydrogens (tertiary/aromatic N) is 1. The van der Waals surface area contributed by atoms with E-state index >= 15 is 0 Å². The van der Waals surface area contributed by atoms with Crippen molar-refractivity contribution < 1.29 is 9.53 Å². The number of hydrogen-bond acceptors (Lipinski definition) is 3. The summed E-state index contributed by atoms with van der Waals surface area (Å²) < 4.78 is 4.63. The van der Waals surface area contributed by atoms with Crippen LogP contribution in [0.25, 0.3) is 0 Å². The lowest BCUT2D eigenvalue weighted by Crippen LogP contribution is -2.04. The van der Waals surface area contributed by atoms with Crippen LogP contribution in [-0.2, 0) is 11.2 Å². The maximum absolute atomic E-state index is 11.2. The van der Waals surface area contributed by atoms with E-state index in [4.69, 9.17) is 0 Å². The van der Waals surface area contributed by atoms with E-state index in [1.807, 2.05) is 12.1 Å². The van der Waals surface area contributed by atoms with E-state index in [-0.39, 0.29) is 5.97 Å². The van der Waals surface area contributed by atoms with Gasteiger partial charge in [-0.15, -0.1) is 0 Å². The van der Waals surface area contributed by atoms with Crippen LogP contribution in [0.4, 0.5) is 0 Å². The summed E-state index contributed by atoms with van der Waals surface area (Å²) in [5.41, 5.74) is 1.59. The molecule has 0 aromatic carbocycles. The summed E-state index contributed by atoms with van der Waals surface area (Å²) in [7, 11) is 1.38. The smallest absolute Gasteiger partial charge is 0.356 e. The van der Waals surface area contributed by atoms with Crippen molar-refractivity contribution in [1.29, 1.82) is 0 Å². The Hall–Kier alpha value is -1.38. The minimum absolute atomic E-state index is 0.358. The van der Waals surface area contributed by atoms with Crippen LogP contribution in [0, 0.1) is 5.92 Å². The van der Waals surface area contributed by atoms with Gasteiger partial charge in [-0.25, -0.2) is 9.78 Å². The van der Waals surface area contributed by atoms with E-state index < -0.39 is 0 Å². The molecule has 0 radical (unpaired) electrons. The molecule has 1 saturated carbocycles. The average Bonchev–Trinajstić information content (AvgIpc) is 3.09. The van der Waals surface area contributed by atoms with Crippen LogP contribution in [-0.4, -0.2) is 18.1 Å². The predicted molar refractivity (Wildman–Crippen MR) is 56.6 cm³/mol. The third-order valence-corrected chi connectivity index (χ3v) is 2.76. The van der Waals surface area contributed by atoms with E-state index in [1.54, 1.807) is 6.20 Å². The highest BCUT2D eigenvalue weighted by Gasteiger charge is 2.20. The number of aryl methyl sites for hydroxylation is 1. The zero-order valence-electron chi connectivity index (χ0n) is 8.90. The molecule has 0 saturated heterocycles. The molecule has 2 rings (SSSR count). The zero-order valence-corrected chi connectivity index (χ0v) is 8.90. The van der Waals surface area contributed by atoms with Crippen molar-refractivity contribution in [3.8, 4) is 0 Å². The molecule has 3 heteroatoms. The monoisotopic (exact) mass is 205 g/mol. The Morgan fingerprint density at radius 1 is 1.60 bits per heavy atom. The van der Waals surface area contributed by atoms with E-state index in [0.717, 1.165) is 12.3 Å². The number of pyridine rings is 1. The number of esters is 1. The number of methoxy groups -OCH3 is 1. The third kappa shape index (κ3) is 2.78. The van der Waals surface area contributed by atoms with Crippen LogP contribution in [0.2, 0.25) is 0 Å². The normalized spacial score (nSPS) is 15.0. The van der Waals surface area contributed by atoms with E-state index in [0.29, 0.717) is 5.69 Å². The molecule has 0 amide bonds. The Balaban J connectivity index is 2.00. The molecular formula is C12H15NO2. The van der Waals surface area contributed by atoms with E-state index in [2.05, 4.69) is 9.72 Å². The van der Waals surface area contributed by atoms with Gasteiger partial charge in [-0.2, -0.15) is 0 Å². The summed E-state index contributed by atoms with van der Waals surface area (Å²) in [6.45, 7) is 0. The molecular weight excluding hydrogens is 190 g/mol. The predicted octanol–water partition coefficient (Wildman–Crippen LogP) is 2.21. The highest BCUT2D eigenvalue weighted by atomic mass is 16.5. The van der Waals surface area contributed by atoms with Crippen LogP contribution in [0.15, 0.2) is 18.3 Å². The Bertz CT molecular complexity index is 358. The SMILES string of the molecule is COC(=O)c1cc(CCC2CC2)ccn1. The minimum Gasteiger partial charge on any atom is -0.464 e. The second kappa shape index (κ2) is 4.43. The Morgan fingerprint density at radius 3 is 3.07 bits per heavy atom. The molecule has 3 nitrogen and oxygen atoms in total. The van der Waals surface area contributed by atoms with Crippen molar-refractivity contribution in [3.63, 3.8) is 0 Å². The van der Waals surface area contributed by atoms with E-state index in [9.17, 15) is 4.79 Å². The first-order valence-corrected chi connectivity index (χ1v) is 5.33. The summed E-state index contributed by atoms with van der Waals surface area (Å²) in [6.07, 6.45) is 6.68. The molecule has 0 bridgehead atoms. The fraction of sp³-hybridized carbons (Fsp3) is 0.500. The summed E-state index contributed by atoms with van der Waals surface area (Å²) in [4.78, 5) is 15.2. The molecule has 15 heavy (non-hydrogen) atoms. The molecule has 1 aromatic rings. The number of carbonyl (C=O) groups is 1. The number of ether oxygens (including phenoxy) is 1. The first-order valence-electron chi connectivity index (χ1n) is 5.33. The van der Waals surface area contributed by atoms with Crippen molar-refractivity contribution in [3.05, 3.63) is 29.6 Å². The fourth-order valence-corrected chi connectivity index (χ4v) is 1.62. The average molecular weight is 205 g/mol. The molecule has 1 fully saturated rings. The first-order chi connectivity index (χ1) is 7.29. The Morgan fingerprint density at radius 2 is 2.40 bits per heavy atom. The zero-order chi connectivity index (χ0) is 10.7. The van der Waals surface area contributed by atoms with Gasteiger partial charge in [0, 0.05) is 6.20 Å². The maximum Gasteiger partial charge on any atom is 0.356 e. The standard InChI is InChI=1S/C12H15NO2/c1-15-12(14)11-8-10(6-7-13-11)5-4-9-2-3-9/h6-9H,2-5H2,1H3. The van der Waals surface area contributed by atoms with Crippen LogP contribution in [0.3, 0.4) is 0 Å². The Labute approximate surface area is 89.5 Å². The van der Waals surface area contributed by atoms with Crippen molar-refractivity contribution in [2.75, 3.05) is 7.11 Å². The second-order valence-electron chi connectivity index (χ2n) is 4.02. The van der Waals surface area contributed by atoms with Gasteiger partial charge in [0.25, 0.3) is 0 Å². The third-order valence-electron chi connectivity index (χ3n) is 2.76. The quantitative estimate of drug-likeness (QED) is 0.707. The van der Waals surface area contributed by atoms with Gasteiger partial charge in [-0.05, 0) is 36.5 Å². The summed E-state index contributed by atoms with van der Waals surface area (Å²) in [5.74, 6) is 0.558. The molecule has 0 unspecified atom stereocenters. The van der Waals surface area contributed by atoms with Gasteiger partial charge in [-0.3, -0.25) is 0 Å². The molecule has 1 aliphatic rings. The maximum atomic E-state index is 11.2. The lowest BCUT2D eigenvalue weighted by atomic mass is 10.1. The highest BCUT2D eigenvalue weighted by Crippen LogP contribution is 2.33. The van der Waals surface area contributed by atoms with Crippen LogP contribution in [0.5, 0.6) is 0 Å². The van der Waals surface area contributed by atoms with Gasteiger partial charge in [0.15, 0.2) is 0 Å². The lowest BCUT2D eigenvalue weighted by Gasteiger charge is -2.02. The molecule has 1 aliphatic carbocycles. The molecule has 1 heterocycles. The van der Waals surface area contributed by atoms with Gasteiger partial charge >= 0.3 is 5.97 Å². The number of carbonyl (C=O) groups excluding carboxylic acids is 1. The molecule has 1 aromatic heterocycles. The fourth-order valence-electron chi connectivity index (χ4n) is 1.62. The van der Waals surface area contributed by atoms with Gasteiger partial charge in [0.05, 0.1) is 7.11 Å². The van der Waals surface area contributed by atoms with E-state index in [1.165, 1.54) is 31.9 Å². The summed E-state index contributed by atoms with van der Waals surface area (Å²) in [6, 6.07) is 3.79. The first kappa shape index (κ1) is 10.1. The molecule has 0 N–H and O–H groups in total. The van der Waals surface area contributed by atoms with Gasteiger partial charge in [0.1, 0.15) is 5.69 Å². The van der Waals surface area contributed by atoms with Crippen LogP contribution >= 0.6 is 0 Å². The van der Waals surface area contributed by atoms with Crippen molar-refractivity contribution in [1.82, 2.24) is 4.98 Å². The molecule has 0 spiro atoms. The topological polar surface area (TPSA) is 39.2 Å². The molecule has 80 valence electrons. The number of aromatic nitrogens is 1. The molecule has 0 aliphatic heterocycles. The largest absolute Gasteiger partial charge is 0.464 e. The number of hydrogen-bond donors (Lipinski definition) is 0.